The number of carbonyl (C=O) groups excluding carboxylic acids is 1. The molecule has 1 N–H and O–H groups in total. The van der Waals surface area contributed by atoms with E-state index in [0.29, 0.717) is 11.3 Å². The number of fused-ring (bicyclic) bond motifs is 1. The monoisotopic (exact) mass is 410 g/mol. The van der Waals surface area contributed by atoms with Crippen molar-refractivity contribution in [2.45, 2.75) is 13.3 Å². The molecule has 31 heavy (non-hydrogen) atoms. The Morgan fingerprint density at radius 1 is 1.00 bits per heavy atom. The van der Waals surface area contributed by atoms with Crippen LogP contribution in [0.3, 0.4) is 0 Å². The summed E-state index contributed by atoms with van der Waals surface area (Å²) < 4.78 is 11.3. The molecule has 4 nitrogen and oxygen atoms in total. The Bertz CT molecular complexity index is 1280. The van der Waals surface area contributed by atoms with Gasteiger partial charge in [0.2, 0.25) is 0 Å². The number of benzene rings is 3. The topological polar surface area (TPSA) is 59.7 Å². The molecule has 0 unspecified atom stereocenters. The second-order valence-corrected chi connectivity index (χ2v) is 7.00. The molecule has 3 aromatic carbocycles. The fraction of sp³-hybridized carbons (Fsp3) is 0.0741. The molecular weight excluding hydrogens is 388 g/mol. The lowest BCUT2D eigenvalue weighted by Gasteiger charge is -2.17. The molecule has 0 saturated carbocycles. The van der Waals surface area contributed by atoms with E-state index in [2.05, 4.69) is 25.6 Å². The predicted octanol–water partition coefficient (Wildman–Crippen LogP) is 6.60. The van der Waals surface area contributed by atoms with Gasteiger partial charge in [-0.25, -0.2) is 4.79 Å². The molecule has 4 aromatic rings. The zero-order valence-electron chi connectivity index (χ0n) is 17.2. The van der Waals surface area contributed by atoms with Gasteiger partial charge in [-0.1, -0.05) is 74.2 Å². The Kier molecular flexibility index (Phi) is 5.72. The van der Waals surface area contributed by atoms with E-state index in [1.54, 1.807) is 24.5 Å². The highest BCUT2D eigenvalue weighted by Gasteiger charge is 2.22. The number of esters is 1. The third kappa shape index (κ3) is 3.88. The zero-order valence-corrected chi connectivity index (χ0v) is 17.2. The summed E-state index contributed by atoms with van der Waals surface area (Å²) in [5.74, 6) is -0.0229. The predicted molar refractivity (Wildman–Crippen MR) is 123 cm³/mol. The van der Waals surface area contributed by atoms with Gasteiger partial charge in [0, 0.05) is 28.2 Å². The highest BCUT2D eigenvalue weighted by atomic mass is 16.5. The number of phenols is 1. The number of hydrogen-bond donors (Lipinski definition) is 1. The number of allylic oxidation sites excluding steroid dienone is 1. The van der Waals surface area contributed by atoms with Crippen molar-refractivity contribution in [3.05, 3.63) is 108 Å². The molecule has 0 aliphatic rings. The normalized spacial score (nSPS) is 11.8. The number of ether oxygens (including phenoxy) is 1. The Labute approximate surface area is 180 Å². The first-order valence-electron chi connectivity index (χ1n) is 10.1. The Balaban J connectivity index is 2.06. The lowest BCUT2D eigenvalue weighted by atomic mass is 9.87. The van der Waals surface area contributed by atoms with Gasteiger partial charge in [-0.15, -0.1) is 0 Å². The molecule has 0 spiro atoms. The summed E-state index contributed by atoms with van der Waals surface area (Å²) >= 11 is 0. The van der Waals surface area contributed by atoms with Crippen LogP contribution in [0.5, 0.6) is 11.5 Å². The number of rotatable bonds is 6. The summed E-state index contributed by atoms with van der Waals surface area (Å²) in [7, 11) is 0. The van der Waals surface area contributed by atoms with Gasteiger partial charge in [-0.05, 0) is 29.7 Å². The first-order chi connectivity index (χ1) is 15.1. The summed E-state index contributed by atoms with van der Waals surface area (Å²) in [5, 5.41) is 11.0. The highest BCUT2D eigenvalue weighted by Crippen LogP contribution is 2.42. The standard InChI is InChI=1S/C27H22O4/c1-3-19(18-11-6-5-7-12-18)26(21-13-8-9-16-24(21)31-25(29)4-2)22-17-30-27-20(22)14-10-15-23(27)28/h4-17,28H,2-3H2,1H3/b26-19-. The second-order valence-electron chi connectivity index (χ2n) is 7.00. The minimum absolute atomic E-state index is 0.0761. The lowest BCUT2D eigenvalue weighted by Crippen LogP contribution is -2.06. The van der Waals surface area contributed by atoms with E-state index in [0.717, 1.165) is 45.7 Å². The first kappa shape index (κ1) is 20.2. The van der Waals surface area contributed by atoms with Crippen molar-refractivity contribution in [2.75, 3.05) is 0 Å². The van der Waals surface area contributed by atoms with Crippen molar-refractivity contribution < 1.29 is 19.1 Å². The first-order valence-corrected chi connectivity index (χ1v) is 10.1. The van der Waals surface area contributed by atoms with Crippen LogP contribution in [0, 0.1) is 0 Å². The molecule has 4 heteroatoms. The Morgan fingerprint density at radius 2 is 1.74 bits per heavy atom. The molecule has 0 bridgehead atoms. The van der Waals surface area contributed by atoms with Crippen LogP contribution in [-0.2, 0) is 4.79 Å². The van der Waals surface area contributed by atoms with E-state index in [4.69, 9.17) is 9.15 Å². The minimum atomic E-state index is -0.528. The third-order valence-electron chi connectivity index (χ3n) is 5.16. The molecule has 0 aliphatic heterocycles. The summed E-state index contributed by atoms with van der Waals surface area (Å²) in [4.78, 5) is 12.0. The second kappa shape index (κ2) is 8.76. The third-order valence-corrected chi connectivity index (χ3v) is 5.16. The maximum absolute atomic E-state index is 12.0. The molecule has 0 aliphatic carbocycles. The van der Waals surface area contributed by atoms with Crippen LogP contribution < -0.4 is 4.74 Å². The summed E-state index contributed by atoms with van der Waals surface area (Å²) in [6.45, 7) is 5.59. The van der Waals surface area contributed by atoms with E-state index in [1.165, 1.54) is 0 Å². The number of para-hydroxylation sites is 2. The van der Waals surface area contributed by atoms with Crippen LogP contribution in [-0.4, -0.2) is 11.1 Å². The van der Waals surface area contributed by atoms with Crippen molar-refractivity contribution >= 4 is 28.1 Å². The summed E-state index contributed by atoms with van der Waals surface area (Å²) in [5.41, 5.74) is 4.98. The highest BCUT2D eigenvalue weighted by molar-refractivity contribution is 6.07. The van der Waals surface area contributed by atoms with E-state index >= 15 is 0 Å². The SMILES string of the molecule is C=CC(=O)Oc1ccccc1/C(=C(\CC)c1ccccc1)c1coc2c(O)cccc12. The van der Waals surface area contributed by atoms with Crippen molar-refractivity contribution in [1.82, 2.24) is 0 Å². The fourth-order valence-corrected chi connectivity index (χ4v) is 3.78. The molecule has 4 rings (SSSR count). The summed E-state index contributed by atoms with van der Waals surface area (Å²) in [6.07, 6.45) is 3.52. The lowest BCUT2D eigenvalue weighted by molar-refractivity contribution is -0.128. The van der Waals surface area contributed by atoms with Gasteiger partial charge in [0.25, 0.3) is 0 Å². The van der Waals surface area contributed by atoms with Crippen molar-refractivity contribution in [3.63, 3.8) is 0 Å². The maximum Gasteiger partial charge on any atom is 0.335 e. The largest absolute Gasteiger partial charge is 0.504 e. The quantitative estimate of drug-likeness (QED) is 0.168. The summed E-state index contributed by atoms with van der Waals surface area (Å²) in [6, 6.07) is 22.7. The van der Waals surface area contributed by atoms with Gasteiger partial charge in [0.1, 0.15) is 5.75 Å². The molecule has 1 aromatic heterocycles. The van der Waals surface area contributed by atoms with Crippen LogP contribution in [0.4, 0.5) is 0 Å². The smallest absolute Gasteiger partial charge is 0.335 e. The molecule has 0 atom stereocenters. The van der Waals surface area contributed by atoms with Crippen molar-refractivity contribution in [3.8, 4) is 11.5 Å². The maximum atomic E-state index is 12.0. The van der Waals surface area contributed by atoms with Crippen LogP contribution in [0.1, 0.15) is 30.0 Å². The number of carbonyl (C=O) groups is 1. The molecule has 0 saturated heterocycles. The van der Waals surface area contributed by atoms with Gasteiger partial charge in [0.05, 0.1) is 6.26 Å². The van der Waals surface area contributed by atoms with E-state index in [9.17, 15) is 9.90 Å². The average Bonchev–Trinajstić information content (AvgIpc) is 3.23. The number of furan rings is 1. The van der Waals surface area contributed by atoms with Gasteiger partial charge in [-0.2, -0.15) is 0 Å². The molecule has 0 radical (unpaired) electrons. The van der Waals surface area contributed by atoms with Gasteiger partial charge < -0.3 is 14.3 Å². The number of phenolic OH excluding ortho intramolecular Hbond substituents is 1. The van der Waals surface area contributed by atoms with E-state index in [1.807, 2.05) is 42.5 Å². The molecule has 154 valence electrons. The molecule has 0 amide bonds. The van der Waals surface area contributed by atoms with Crippen molar-refractivity contribution in [2.24, 2.45) is 0 Å². The molecule has 1 heterocycles. The average molecular weight is 410 g/mol. The number of aromatic hydroxyl groups is 1. The molecule has 0 fully saturated rings. The van der Waals surface area contributed by atoms with E-state index in [-0.39, 0.29) is 5.75 Å². The van der Waals surface area contributed by atoms with Crippen LogP contribution in [0.2, 0.25) is 0 Å². The van der Waals surface area contributed by atoms with Gasteiger partial charge >= 0.3 is 5.97 Å². The Hall–Kier alpha value is -4.05. The van der Waals surface area contributed by atoms with Crippen molar-refractivity contribution in [1.29, 1.82) is 0 Å². The fourth-order valence-electron chi connectivity index (χ4n) is 3.78. The Morgan fingerprint density at radius 3 is 2.48 bits per heavy atom. The molecular formula is C27H22O4. The van der Waals surface area contributed by atoms with Crippen LogP contribution in [0.15, 0.2) is 96.1 Å². The zero-order chi connectivity index (χ0) is 21.8. The van der Waals surface area contributed by atoms with Gasteiger partial charge in [0.15, 0.2) is 11.3 Å². The van der Waals surface area contributed by atoms with Crippen LogP contribution in [0.25, 0.3) is 22.1 Å². The van der Waals surface area contributed by atoms with Gasteiger partial charge in [-0.3, -0.25) is 0 Å². The van der Waals surface area contributed by atoms with E-state index < -0.39 is 5.97 Å². The number of hydrogen-bond acceptors (Lipinski definition) is 4. The van der Waals surface area contributed by atoms with Crippen LogP contribution >= 0.6 is 0 Å². The minimum Gasteiger partial charge on any atom is -0.504 e.